The van der Waals surface area contributed by atoms with Crippen LogP contribution in [0.5, 0.6) is 0 Å². The van der Waals surface area contributed by atoms with E-state index in [-0.39, 0.29) is 29.2 Å². The van der Waals surface area contributed by atoms with Crippen molar-refractivity contribution in [3.63, 3.8) is 0 Å². The molecule has 2 rings (SSSR count). The van der Waals surface area contributed by atoms with E-state index in [0.29, 0.717) is 11.3 Å². The van der Waals surface area contributed by atoms with Gasteiger partial charge in [0.2, 0.25) is 5.91 Å². The number of carbonyl (C=O) groups excluding carboxylic acids is 2. The van der Waals surface area contributed by atoms with Gasteiger partial charge in [0.05, 0.1) is 42.8 Å². The molecule has 0 bridgehead atoms. The third kappa shape index (κ3) is 12.8. The molecule has 0 aliphatic carbocycles. The summed E-state index contributed by atoms with van der Waals surface area (Å²) in [6, 6.07) is 0.816. The second-order valence-corrected chi connectivity index (χ2v) is 7.99. The first-order valence-corrected chi connectivity index (χ1v) is 10.2. The molecule has 0 aliphatic heterocycles. The van der Waals surface area contributed by atoms with Gasteiger partial charge in [-0.05, 0) is 26.8 Å². The molecule has 2 heterocycles. The van der Waals surface area contributed by atoms with Crippen LogP contribution in [0.3, 0.4) is 0 Å². The van der Waals surface area contributed by atoms with Crippen molar-refractivity contribution in [1.29, 1.82) is 0 Å². The van der Waals surface area contributed by atoms with Crippen molar-refractivity contribution in [2.75, 3.05) is 6.61 Å². The zero-order valence-corrected chi connectivity index (χ0v) is 21.0. The Morgan fingerprint density at radius 3 is 2.53 bits per heavy atom. The number of aromatic nitrogens is 3. The SMILES string of the molecule is CC(C)(C)OC[C@H](N[C-]=O)c1cn2ncc([C@@H](O)NC(=O)CCC(F)(F)F)cc2n1.C[C-]=NON.[Fe+2]. The molecule has 2 amide bonds. The summed E-state index contributed by atoms with van der Waals surface area (Å²) in [5, 5.41) is 21.7. The number of nitrogens with one attached hydrogen (secondary N) is 2. The van der Waals surface area contributed by atoms with Gasteiger partial charge in [-0.2, -0.15) is 31.6 Å². The minimum Gasteiger partial charge on any atom is -0.521 e. The van der Waals surface area contributed by atoms with Crippen LogP contribution in [-0.4, -0.2) is 56.6 Å². The molecular formula is C20H28F3FeN7O5. The van der Waals surface area contributed by atoms with Crippen molar-refractivity contribution >= 4 is 24.2 Å². The Kier molecular flexibility index (Phi) is 14.2. The molecular weight excluding hydrogens is 531 g/mol. The first-order valence-electron chi connectivity index (χ1n) is 10.2. The molecule has 0 unspecified atom stereocenters. The average molecular weight is 559 g/mol. The van der Waals surface area contributed by atoms with Crippen LogP contribution in [0.1, 0.15) is 64.1 Å². The summed E-state index contributed by atoms with van der Waals surface area (Å²) in [4.78, 5) is 30.4. The normalized spacial score (nSPS) is 13.2. The number of hydrogen-bond donors (Lipinski definition) is 4. The number of hydrogen-bond acceptors (Lipinski definition) is 9. The van der Waals surface area contributed by atoms with Crippen molar-refractivity contribution in [3.05, 3.63) is 29.7 Å². The summed E-state index contributed by atoms with van der Waals surface area (Å²) in [5.41, 5.74) is 0.412. The summed E-state index contributed by atoms with van der Waals surface area (Å²) in [7, 11) is 0. The smallest absolute Gasteiger partial charge is 0.521 e. The van der Waals surface area contributed by atoms with Crippen molar-refractivity contribution in [1.82, 2.24) is 25.2 Å². The van der Waals surface area contributed by atoms with Gasteiger partial charge >= 0.3 is 23.2 Å². The predicted molar refractivity (Wildman–Crippen MR) is 117 cm³/mol. The van der Waals surface area contributed by atoms with Crippen molar-refractivity contribution in [2.24, 2.45) is 11.1 Å². The molecule has 0 saturated carbocycles. The van der Waals surface area contributed by atoms with Gasteiger partial charge in [0, 0.05) is 12.0 Å². The molecule has 202 valence electrons. The third-order valence-electron chi connectivity index (χ3n) is 4.03. The van der Waals surface area contributed by atoms with Gasteiger partial charge in [-0.3, -0.25) is 9.95 Å². The van der Waals surface area contributed by atoms with E-state index in [4.69, 9.17) is 4.74 Å². The summed E-state index contributed by atoms with van der Waals surface area (Å²) in [6.45, 7) is 7.30. The number of fused-ring (bicyclic) bond motifs is 1. The first kappa shape index (κ1) is 33.2. The van der Waals surface area contributed by atoms with Gasteiger partial charge in [-0.25, -0.2) is 9.50 Å². The minimum absolute atomic E-state index is 0. The second kappa shape index (κ2) is 15.4. The molecule has 36 heavy (non-hydrogen) atoms. The van der Waals surface area contributed by atoms with Crippen LogP contribution in [0.2, 0.25) is 0 Å². The van der Waals surface area contributed by atoms with Gasteiger partial charge in [-0.1, -0.05) is 0 Å². The topological polar surface area (TPSA) is 165 Å². The van der Waals surface area contributed by atoms with Crippen LogP contribution < -0.4 is 16.5 Å². The summed E-state index contributed by atoms with van der Waals surface area (Å²) >= 11 is 0. The van der Waals surface area contributed by atoms with Crippen LogP contribution in [0, 0.1) is 0 Å². The fourth-order valence-corrected chi connectivity index (χ4v) is 2.45. The Hall–Kier alpha value is -2.78. The van der Waals surface area contributed by atoms with E-state index >= 15 is 0 Å². The van der Waals surface area contributed by atoms with E-state index in [1.807, 2.05) is 20.8 Å². The molecule has 0 spiro atoms. The van der Waals surface area contributed by atoms with Gasteiger partial charge in [0.25, 0.3) is 0 Å². The number of aliphatic hydroxyl groups is 1. The Balaban J connectivity index is 0.00000185. The number of aliphatic hydroxyl groups excluding tert-OH is 1. The maximum absolute atomic E-state index is 12.2. The molecule has 2 aromatic rings. The fraction of sp³-hybridized carbons (Fsp3) is 0.550. The standard InChI is InChI=1S/C18H23F3N5O4.C2H5N2O.Fe/c1-17(2,3)30-9-13(22-10-27)12-8-26-14(24-12)6-11(7-23-26)16(29)25-15(28)4-5-18(19,20)21;1-2-4-5-3;/h6-8,13,16,29H,4-5,9H2,1-3H3,(H,22,27)(H,25,28);3H2,1H3;/q2*-1;+2/t13-,16+;;/m0../s1. The zero-order chi connectivity index (χ0) is 26.6. The number of alkyl halides is 3. The van der Waals surface area contributed by atoms with Gasteiger partial charge < -0.3 is 36.4 Å². The van der Waals surface area contributed by atoms with E-state index in [1.165, 1.54) is 16.8 Å². The molecule has 0 saturated heterocycles. The number of amides is 2. The fourth-order valence-electron chi connectivity index (χ4n) is 2.45. The van der Waals surface area contributed by atoms with Crippen LogP contribution in [0.15, 0.2) is 23.6 Å². The van der Waals surface area contributed by atoms with Gasteiger partial charge in [-0.15, -0.1) is 5.90 Å². The summed E-state index contributed by atoms with van der Waals surface area (Å²) in [5.74, 6) is 3.46. The predicted octanol–water partition coefficient (Wildman–Crippen LogP) is 1.45. The Labute approximate surface area is 216 Å². The Bertz CT molecular complexity index is 983. The van der Waals surface area contributed by atoms with Crippen molar-refractivity contribution in [3.8, 4) is 0 Å². The average Bonchev–Trinajstić information content (AvgIpc) is 3.18. The molecule has 2 aromatic heterocycles. The molecule has 12 nitrogen and oxygen atoms in total. The van der Waals surface area contributed by atoms with E-state index in [0.717, 1.165) is 0 Å². The quantitative estimate of drug-likeness (QED) is 0.0848. The van der Waals surface area contributed by atoms with Crippen LogP contribution in [0.25, 0.3) is 5.65 Å². The van der Waals surface area contributed by atoms with Crippen LogP contribution in [0.4, 0.5) is 13.2 Å². The van der Waals surface area contributed by atoms with E-state index in [1.54, 1.807) is 19.5 Å². The summed E-state index contributed by atoms with van der Waals surface area (Å²) in [6.07, 6.45) is -1.41. The number of ether oxygens (including phenoxy) is 1. The maximum Gasteiger partial charge on any atom is 2.00 e. The molecule has 0 aliphatic rings. The molecule has 0 radical (unpaired) electrons. The van der Waals surface area contributed by atoms with E-state index < -0.39 is 42.8 Å². The molecule has 0 aromatic carbocycles. The summed E-state index contributed by atoms with van der Waals surface area (Å²) < 4.78 is 43.6. The number of nitrogens with zero attached hydrogens (tertiary/aromatic N) is 4. The largest absolute Gasteiger partial charge is 2.00 e. The third-order valence-corrected chi connectivity index (χ3v) is 4.03. The van der Waals surface area contributed by atoms with Crippen LogP contribution in [-0.2, 0) is 36.3 Å². The van der Waals surface area contributed by atoms with Gasteiger partial charge in [0.15, 0.2) is 11.9 Å². The minimum atomic E-state index is -4.46. The van der Waals surface area contributed by atoms with Crippen molar-refractivity contribution in [2.45, 2.75) is 64.6 Å². The monoisotopic (exact) mass is 559 g/mol. The molecule has 5 N–H and O–H groups in total. The van der Waals surface area contributed by atoms with Crippen molar-refractivity contribution < 1.29 is 54.6 Å². The zero-order valence-electron chi connectivity index (χ0n) is 19.9. The number of rotatable bonds is 10. The Morgan fingerprint density at radius 1 is 1.36 bits per heavy atom. The number of imidazole rings is 1. The number of nitrogens with two attached hydrogens (primary N) is 1. The molecule has 2 atom stereocenters. The first-order chi connectivity index (χ1) is 16.3. The second-order valence-electron chi connectivity index (χ2n) is 7.99. The Morgan fingerprint density at radius 2 is 2.03 bits per heavy atom. The number of carbonyl (C=O) groups is 1. The molecule has 16 heteroatoms. The van der Waals surface area contributed by atoms with E-state index in [9.17, 15) is 27.9 Å². The van der Waals surface area contributed by atoms with E-state index in [2.05, 4.69) is 42.9 Å². The van der Waals surface area contributed by atoms with Crippen LogP contribution >= 0.6 is 0 Å². The number of halogens is 3. The maximum atomic E-state index is 12.2. The van der Waals surface area contributed by atoms with Gasteiger partial charge in [0.1, 0.15) is 0 Å². The molecule has 0 fully saturated rings.